The molecule has 3 rings (SSSR count). The second-order valence-electron chi connectivity index (χ2n) is 7.01. The van der Waals surface area contributed by atoms with Crippen LogP contribution in [0.15, 0.2) is 84.9 Å². The Morgan fingerprint density at radius 1 is 0.625 bits per heavy atom. The Hall–Kier alpha value is -2.32. The summed E-state index contributed by atoms with van der Waals surface area (Å²) in [5.74, 6) is 1.19. The van der Waals surface area contributed by atoms with Crippen molar-refractivity contribution in [3.8, 4) is 5.75 Å². The maximum atomic E-state index is 6.40. The van der Waals surface area contributed by atoms with Gasteiger partial charge in [0.1, 0.15) is 5.75 Å². The Balaban J connectivity index is 2.14. The molecule has 0 N–H and O–H groups in total. The summed E-state index contributed by atoms with van der Waals surface area (Å²) in [6, 6.07) is 29.8. The fraction of sp³-hybridized carbons (Fsp3) is 0.182. The molecule has 0 spiro atoms. The quantitative estimate of drug-likeness (QED) is 0.406. The largest absolute Gasteiger partial charge is 0.544 e. The Morgan fingerprint density at radius 3 is 1.58 bits per heavy atom. The normalized spacial score (nSPS) is 11.5. The minimum Gasteiger partial charge on any atom is -0.544 e. The van der Waals surface area contributed by atoms with Crippen LogP contribution >= 0.6 is 0 Å². The minimum atomic E-state index is -1.68. The highest BCUT2D eigenvalue weighted by molar-refractivity contribution is 6.70. The first kappa shape index (κ1) is 16.5. The summed E-state index contributed by atoms with van der Waals surface area (Å²) in [7, 11) is -1.68. The molecule has 0 aliphatic heterocycles. The van der Waals surface area contributed by atoms with E-state index in [0.29, 0.717) is 0 Å². The fourth-order valence-electron chi connectivity index (χ4n) is 2.98. The zero-order valence-electron chi connectivity index (χ0n) is 14.6. The van der Waals surface area contributed by atoms with E-state index in [-0.39, 0.29) is 5.92 Å². The smallest absolute Gasteiger partial charge is 0.242 e. The second kappa shape index (κ2) is 7.06. The standard InChI is InChI=1S/C22H24OSi/c1-24(2,3)23-21-17-11-10-16-20(21)22(18-12-6-4-7-13-18)19-14-8-5-9-15-19/h4-17,22H,1-3H3. The van der Waals surface area contributed by atoms with Crippen LogP contribution in [0, 0.1) is 0 Å². The minimum absolute atomic E-state index is 0.181. The van der Waals surface area contributed by atoms with E-state index >= 15 is 0 Å². The van der Waals surface area contributed by atoms with Crippen molar-refractivity contribution >= 4 is 8.32 Å². The summed E-state index contributed by atoms with van der Waals surface area (Å²) in [6.45, 7) is 6.68. The fourth-order valence-corrected chi connectivity index (χ4v) is 3.83. The van der Waals surface area contributed by atoms with Crippen LogP contribution in [0.3, 0.4) is 0 Å². The van der Waals surface area contributed by atoms with E-state index in [1.165, 1.54) is 16.7 Å². The van der Waals surface area contributed by atoms with Crippen LogP contribution in [0.25, 0.3) is 0 Å². The average Bonchev–Trinajstić information content (AvgIpc) is 2.57. The summed E-state index contributed by atoms with van der Waals surface area (Å²) < 4.78 is 6.40. The molecule has 0 bridgehead atoms. The van der Waals surface area contributed by atoms with E-state index in [9.17, 15) is 0 Å². The Kier molecular flexibility index (Phi) is 4.86. The predicted octanol–water partition coefficient (Wildman–Crippen LogP) is 6.08. The van der Waals surface area contributed by atoms with Crippen molar-refractivity contribution in [1.29, 1.82) is 0 Å². The SMILES string of the molecule is C[Si](C)(C)Oc1ccccc1C(c1ccccc1)c1ccccc1. The molecule has 0 aromatic heterocycles. The van der Waals surface area contributed by atoms with E-state index < -0.39 is 8.32 Å². The lowest BCUT2D eigenvalue weighted by Gasteiger charge is -2.26. The van der Waals surface area contributed by atoms with Crippen LogP contribution in [0.4, 0.5) is 0 Å². The highest BCUT2D eigenvalue weighted by Gasteiger charge is 2.23. The van der Waals surface area contributed by atoms with Crippen LogP contribution in [-0.4, -0.2) is 8.32 Å². The molecule has 0 unspecified atom stereocenters. The van der Waals surface area contributed by atoms with E-state index in [1.54, 1.807) is 0 Å². The van der Waals surface area contributed by atoms with Crippen molar-refractivity contribution < 1.29 is 4.43 Å². The number of hydrogen-bond acceptors (Lipinski definition) is 1. The van der Waals surface area contributed by atoms with Crippen molar-refractivity contribution in [2.45, 2.75) is 25.6 Å². The van der Waals surface area contributed by atoms with E-state index in [4.69, 9.17) is 4.43 Å². The van der Waals surface area contributed by atoms with Gasteiger partial charge in [-0.2, -0.15) is 0 Å². The summed E-state index contributed by atoms with van der Waals surface area (Å²) in [5, 5.41) is 0. The summed E-state index contributed by atoms with van der Waals surface area (Å²) in [4.78, 5) is 0. The zero-order valence-corrected chi connectivity index (χ0v) is 15.6. The molecular weight excluding hydrogens is 308 g/mol. The van der Waals surface area contributed by atoms with Crippen molar-refractivity contribution in [1.82, 2.24) is 0 Å². The van der Waals surface area contributed by atoms with Crippen molar-refractivity contribution in [2.75, 3.05) is 0 Å². The third-order valence-electron chi connectivity index (χ3n) is 3.91. The van der Waals surface area contributed by atoms with Gasteiger partial charge in [-0.3, -0.25) is 0 Å². The molecule has 2 heteroatoms. The summed E-state index contributed by atoms with van der Waals surface area (Å²) in [6.07, 6.45) is 0. The van der Waals surface area contributed by atoms with Gasteiger partial charge in [0.25, 0.3) is 0 Å². The van der Waals surface area contributed by atoms with Crippen molar-refractivity contribution in [3.63, 3.8) is 0 Å². The second-order valence-corrected chi connectivity index (χ2v) is 11.4. The van der Waals surface area contributed by atoms with Gasteiger partial charge in [0.15, 0.2) is 0 Å². The molecule has 0 saturated heterocycles. The number of benzene rings is 3. The van der Waals surface area contributed by atoms with Crippen molar-refractivity contribution in [3.05, 3.63) is 102 Å². The van der Waals surface area contributed by atoms with E-state index in [1.807, 2.05) is 0 Å². The number of para-hydroxylation sites is 1. The van der Waals surface area contributed by atoms with Gasteiger partial charge in [-0.15, -0.1) is 0 Å². The Bertz CT molecular complexity index is 736. The molecule has 24 heavy (non-hydrogen) atoms. The van der Waals surface area contributed by atoms with Crippen LogP contribution in [-0.2, 0) is 0 Å². The summed E-state index contributed by atoms with van der Waals surface area (Å²) in [5.41, 5.74) is 3.81. The number of rotatable bonds is 5. The lowest BCUT2D eigenvalue weighted by Crippen LogP contribution is -2.30. The molecule has 0 fully saturated rings. The first-order valence-electron chi connectivity index (χ1n) is 8.42. The lowest BCUT2D eigenvalue weighted by atomic mass is 9.85. The molecule has 0 amide bonds. The van der Waals surface area contributed by atoms with Crippen LogP contribution in [0.2, 0.25) is 19.6 Å². The first-order valence-corrected chi connectivity index (χ1v) is 11.8. The maximum absolute atomic E-state index is 6.40. The molecule has 0 heterocycles. The highest BCUT2D eigenvalue weighted by Crippen LogP contribution is 2.37. The monoisotopic (exact) mass is 332 g/mol. The Morgan fingerprint density at radius 2 is 1.08 bits per heavy atom. The van der Waals surface area contributed by atoms with Crippen LogP contribution in [0.1, 0.15) is 22.6 Å². The van der Waals surface area contributed by atoms with E-state index in [2.05, 4.69) is 105 Å². The highest BCUT2D eigenvalue weighted by atomic mass is 28.4. The molecule has 0 aliphatic rings. The topological polar surface area (TPSA) is 9.23 Å². The van der Waals surface area contributed by atoms with Gasteiger partial charge in [0.05, 0.1) is 0 Å². The number of hydrogen-bond donors (Lipinski definition) is 0. The van der Waals surface area contributed by atoms with Crippen molar-refractivity contribution in [2.24, 2.45) is 0 Å². The van der Waals surface area contributed by atoms with Gasteiger partial charge in [0.2, 0.25) is 8.32 Å². The van der Waals surface area contributed by atoms with Gasteiger partial charge in [-0.05, 0) is 36.8 Å². The van der Waals surface area contributed by atoms with Gasteiger partial charge >= 0.3 is 0 Å². The van der Waals surface area contributed by atoms with Gasteiger partial charge in [-0.25, -0.2) is 0 Å². The first-order chi connectivity index (χ1) is 11.5. The van der Waals surface area contributed by atoms with Crippen LogP contribution < -0.4 is 4.43 Å². The molecule has 0 saturated carbocycles. The molecule has 1 nitrogen and oxygen atoms in total. The average molecular weight is 333 g/mol. The zero-order chi connectivity index (χ0) is 17.0. The molecule has 3 aromatic carbocycles. The summed E-state index contributed by atoms with van der Waals surface area (Å²) >= 11 is 0. The molecule has 0 aliphatic carbocycles. The van der Waals surface area contributed by atoms with Gasteiger partial charge < -0.3 is 4.43 Å². The predicted molar refractivity (Wildman–Crippen MR) is 104 cm³/mol. The Labute approximate surface area is 146 Å². The van der Waals surface area contributed by atoms with Crippen LogP contribution in [0.5, 0.6) is 5.75 Å². The molecular formula is C22H24OSi. The maximum Gasteiger partial charge on any atom is 0.242 e. The lowest BCUT2D eigenvalue weighted by molar-refractivity contribution is 0.548. The molecule has 0 radical (unpaired) electrons. The third kappa shape index (κ3) is 3.95. The van der Waals surface area contributed by atoms with Gasteiger partial charge in [0, 0.05) is 11.5 Å². The molecule has 3 aromatic rings. The van der Waals surface area contributed by atoms with E-state index in [0.717, 1.165) is 5.75 Å². The molecule has 122 valence electrons. The third-order valence-corrected chi connectivity index (χ3v) is 4.74. The van der Waals surface area contributed by atoms with Gasteiger partial charge in [-0.1, -0.05) is 78.9 Å². The molecule has 0 atom stereocenters.